The summed E-state index contributed by atoms with van der Waals surface area (Å²) in [6.07, 6.45) is 2.99. The van der Waals surface area contributed by atoms with E-state index < -0.39 is 11.6 Å². The fraction of sp³-hybridized carbons (Fsp3) is 0.278. The van der Waals surface area contributed by atoms with Gasteiger partial charge in [-0.1, -0.05) is 11.6 Å². The quantitative estimate of drug-likeness (QED) is 0.896. The Kier molecular flexibility index (Phi) is 5.11. The monoisotopic (exact) mass is 360 g/mol. The van der Waals surface area contributed by atoms with Crippen LogP contribution in [0.4, 0.5) is 19.4 Å². The molecule has 136 valence electrons. The lowest BCUT2D eigenvalue weighted by Gasteiger charge is -2.28. The van der Waals surface area contributed by atoms with Crippen molar-refractivity contribution in [3.8, 4) is 0 Å². The van der Waals surface area contributed by atoms with Crippen LogP contribution in [0.2, 0.25) is 0 Å². The summed E-state index contributed by atoms with van der Waals surface area (Å²) < 4.78 is 27.6. The zero-order valence-corrected chi connectivity index (χ0v) is 14.2. The third kappa shape index (κ3) is 4.33. The molecule has 0 atom stereocenters. The largest absolute Gasteiger partial charge is 0.324 e. The van der Waals surface area contributed by atoms with Gasteiger partial charge in [-0.05, 0) is 36.6 Å². The van der Waals surface area contributed by atoms with E-state index in [9.17, 15) is 18.4 Å². The first-order chi connectivity index (χ1) is 12.4. The number of hydrogen-bond donors (Lipinski definition) is 1. The summed E-state index contributed by atoms with van der Waals surface area (Å²) in [5.74, 6) is -0.925. The molecule has 1 fully saturated rings. The molecule has 0 saturated carbocycles. The van der Waals surface area contributed by atoms with Crippen molar-refractivity contribution in [3.63, 3.8) is 0 Å². The molecule has 8 heteroatoms. The van der Waals surface area contributed by atoms with Gasteiger partial charge >= 0.3 is 6.03 Å². The molecule has 2 aromatic rings. The number of carbonyl (C=O) groups excluding carboxylic acids is 1. The summed E-state index contributed by atoms with van der Waals surface area (Å²) in [5.41, 5.74) is 1.24. The minimum absolute atomic E-state index is 0.260. The second kappa shape index (κ2) is 7.47. The molecule has 1 aliphatic heterocycles. The van der Waals surface area contributed by atoms with Gasteiger partial charge in [0.05, 0.1) is 0 Å². The first-order valence-corrected chi connectivity index (χ1v) is 8.16. The molecule has 0 bridgehead atoms. The van der Waals surface area contributed by atoms with Gasteiger partial charge in [-0.2, -0.15) is 5.10 Å². The minimum atomic E-state index is -0.613. The van der Waals surface area contributed by atoms with Crippen LogP contribution in [0, 0.1) is 11.6 Å². The van der Waals surface area contributed by atoms with Crippen LogP contribution in [-0.2, 0) is 7.05 Å². The first-order valence-electron chi connectivity index (χ1n) is 8.16. The van der Waals surface area contributed by atoms with E-state index in [4.69, 9.17) is 0 Å². The van der Waals surface area contributed by atoms with Gasteiger partial charge in [-0.15, -0.1) is 0 Å². The van der Waals surface area contributed by atoms with E-state index in [0.717, 1.165) is 16.3 Å². The number of benzene rings is 1. The molecule has 0 spiro atoms. The lowest BCUT2D eigenvalue weighted by Crippen LogP contribution is -2.39. The van der Waals surface area contributed by atoms with Crippen LogP contribution in [0.25, 0.3) is 6.08 Å². The minimum Gasteiger partial charge on any atom is -0.324 e. The highest BCUT2D eigenvalue weighted by atomic mass is 19.1. The number of nitrogens with one attached hydrogen (secondary N) is 1. The predicted molar refractivity (Wildman–Crippen MR) is 93.6 cm³/mol. The van der Waals surface area contributed by atoms with Crippen LogP contribution in [0.3, 0.4) is 0 Å². The zero-order chi connectivity index (χ0) is 18.7. The van der Waals surface area contributed by atoms with Gasteiger partial charge in [0.2, 0.25) is 0 Å². The van der Waals surface area contributed by atoms with Gasteiger partial charge in [0.25, 0.3) is 5.56 Å². The fourth-order valence-corrected chi connectivity index (χ4v) is 2.79. The van der Waals surface area contributed by atoms with Gasteiger partial charge in [0.15, 0.2) is 5.82 Å². The second-order valence-corrected chi connectivity index (χ2v) is 6.10. The van der Waals surface area contributed by atoms with Crippen LogP contribution in [0.1, 0.15) is 18.4 Å². The Labute approximate surface area is 148 Å². The number of halogens is 2. The van der Waals surface area contributed by atoms with Crippen molar-refractivity contribution < 1.29 is 13.6 Å². The standard InChI is InChI=1S/C18H18F2N4O2/c1-23-17(25)3-2-16(22-23)21-18(26)24-6-4-12(5-7-24)8-13-9-14(19)11-15(20)10-13/h2-3,8-11H,4-7H2,1H3,(H,21,22,26). The van der Waals surface area contributed by atoms with Crippen molar-refractivity contribution in [1.82, 2.24) is 14.7 Å². The maximum absolute atomic E-state index is 13.3. The van der Waals surface area contributed by atoms with E-state index >= 15 is 0 Å². The van der Waals surface area contributed by atoms with Crippen molar-refractivity contribution in [2.24, 2.45) is 7.05 Å². The van der Waals surface area contributed by atoms with E-state index in [2.05, 4.69) is 10.4 Å². The molecule has 0 aliphatic carbocycles. The van der Waals surface area contributed by atoms with Crippen LogP contribution >= 0.6 is 0 Å². The Bertz CT molecular complexity index is 893. The summed E-state index contributed by atoms with van der Waals surface area (Å²) in [5, 5.41) is 6.61. The number of aryl methyl sites for hydroxylation is 1. The number of amides is 2. The van der Waals surface area contributed by atoms with Crippen molar-refractivity contribution in [3.05, 3.63) is 63.5 Å². The topological polar surface area (TPSA) is 67.2 Å². The average molecular weight is 360 g/mol. The molecule has 2 amide bonds. The highest BCUT2D eigenvalue weighted by Gasteiger charge is 2.19. The molecule has 1 N–H and O–H groups in total. The number of nitrogens with zero attached hydrogens (tertiary/aromatic N) is 3. The summed E-state index contributed by atoms with van der Waals surface area (Å²) in [4.78, 5) is 25.2. The third-order valence-corrected chi connectivity index (χ3v) is 4.14. The number of rotatable bonds is 2. The molecule has 0 unspecified atom stereocenters. The molecule has 26 heavy (non-hydrogen) atoms. The molecule has 0 radical (unpaired) electrons. The SMILES string of the molecule is Cn1nc(NC(=O)N2CCC(=Cc3cc(F)cc(F)c3)CC2)ccc1=O. The molecule has 1 aliphatic rings. The van der Waals surface area contributed by atoms with Gasteiger partial charge in [0, 0.05) is 32.3 Å². The maximum Gasteiger partial charge on any atom is 0.323 e. The number of anilines is 1. The van der Waals surface area contributed by atoms with Crippen LogP contribution in [0.5, 0.6) is 0 Å². The summed E-state index contributed by atoms with van der Waals surface area (Å²) in [7, 11) is 1.51. The molecular weight excluding hydrogens is 342 g/mol. The molecule has 2 heterocycles. The van der Waals surface area contributed by atoms with Gasteiger partial charge in [-0.3, -0.25) is 10.1 Å². The Hall–Kier alpha value is -3.03. The van der Waals surface area contributed by atoms with Crippen molar-refractivity contribution >= 4 is 17.9 Å². The molecule has 3 rings (SSSR count). The number of urea groups is 1. The average Bonchev–Trinajstić information content (AvgIpc) is 2.58. The maximum atomic E-state index is 13.3. The Morgan fingerprint density at radius 3 is 2.42 bits per heavy atom. The van der Waals surface area contributed by atoms with Gasteiger partial charge in [-0.25, -0.2) is 18.3 Å². The number of aromatic nitrogens is 2. The second-order valence-electron chi connectivity index (χ2n) is 6.10. The lowest BCUT2D eigenvalue weighted by molar-refractivity contribution is 0.207. The molecular formula is C18H18F2N4O2. The Balaban J connectivity index is 1.60. The summed E-state index contributed by atoms with van der Waals surface area (Å²) in [6, 6.07) is 5.88. The molecule has 6 nitrogen and oxygen atoms in total. The van der Waals surface area contributed by atoms with E-state index in [1.807, 2.05) is 0 Å². The number of hydrogen-bond acceptors (Lipinski definition) is 3. The fourth-order valence-electron chi connectivity index (χ4n) is 2.79. The Morgan fingerprint density at radius 2 is 1.81 bits per heavy atom. The van der Waals surface area contributed by atoms with Crippen LogP contribution in [-0.4, -0.2) is 33.8 Å². The lowest BCUT2D eigenvalue weighted by atomic mass is 10.0. The van der Waals surface area contributed by atoms with Gasteiger partial charge < -0.3 is 4.90 Å². The number of likely N-dealkylation sites (tertiary alicyclic amines) is 1. The van der Waals surface area contributed by atoms with E-state index in [1.165, 1.54) is 31.3 Å². The zero-order valence-electron chi connectivity index (χ0n) is 14.2. The highest BCUT2D eigenvalue weighted by molar-refractivity contribution is 5.88. The normalized spacial score (nSPS) is 14.3. The van der Waals surface area contributed by atoms with Crippen molar-refractivity contribution in [2.75, 3.05) is 18.4 Å². The van der Waals surface area contributed by atoms with Gasteiger partial charge in [0.1, 0.15) is 11.6 Å². The Morgan fingerprint density at radius 1 is 1.15 bits per heavy atom. The molecule has 1 saturated heterocycles. The number of carbonyl (C=O) groups is 1. The van der Waals surface area contributed by atoms with E-state index in [0.29, 0.717) is 37.3 Å². The van der Waals surface area contributed by atoms with Crippen molar-refractivity contribution in [2.45, 2.75) is 12.8 Å². The first kappa shape index (κ1) is 17.8. The predicted octanol–water partition coefficient (Wildman–Crippen LogP) is 2.77. The molecule has 1 aromatic heterocycles. The summed E-state index contributed by atoms with van der Waals surface area (Å²) in [6.45, 7) is 0.975. The van der Waals surface area contributed by atoms with Crippen LogP contribution < -0.4 is 10.9 Å². The third-order valence-electron chi connectivity index (χ3n) is 4.14. The van der Waals surface area contributed by atoms with E-state index in [-0.39, 0.29) is 11.6 Å². The highest BCUT2D eigenvalue weighted by Crippen LogP contribution is 2.21. The molecule has 1 aromatic carbocycles. The smallest absolute Gasteiger partial charge is 0.323 e. The van der Waals surface area contributed by atoms with E-state index in [1.54, 1.807) is 11.0 Å². The van der Waals surface area contributed by atoms with Crippen LogP contribution in [0.15, 0.2) is 40.7 Å². The number of piperidine rings is 1. The summed E-state index contributed by atoms with van der Waals surface area (Å²) >= 11 is 0. The van der Waals surface area contributed by atoms with Crippen molar-refractivity contribution in [1.29, 1.82) is 0 Å².